The first-order valence-electron chi connectivity index (χ1n) is 9.55. The van der Waals surface area contributed by atoms with Crippen LogP contribution in [0.2, 0.25) is 5.02 Å². The van der Waals surface area contributed by atoms with Gasteiger partial charge in [-0.05, 0) is 41.8 Å². The Morgan fingerprint density at radius 2 is 1.69 bits per heavy atom. The van der Waals surface area contributed by atoms with Gasteiger partial charge in [0, 0.05) is 17.1 Å². The minimum atomic E-state index is -0.727. The zero-order valence-electron chi connectivity index (χ0n) is 16.0. The summed E-state index contributed by atoms with van der Waals surface area (Å²) in [6.45, 7) is 2.34. The summed E-state index contributed by atoms with van der Waals surface area (Å²) in [5, 5.41) is 3.49. The van der Waals surface area contributed by atoms with Gasteiger partial charge in [0.05, 0.1) is 6.04 Å². The average molecular weight is 405 g/mol. The largest absolute Gasteiger partial charge is 0.350 e. The first-order chi connectivity index (χ1) is 14.1. The van der Waals surface area contributed by atoms with Crippen LogP contribution in [0.25, 0.3) is 0 Å². The van der Waals surface area contributed by atoms with Crippen molar-refractivity contribution in [2.45, 2.75) is 25.6 Å². The number of benzene rings is 3. The van der Waals surface area contributed by atoms with E-state index in [9.17, 15) is 9.59 Å². The Balaban J connectivity index is 1.67. The number of rotatable bonds is 5. The van der Waals surface area contributed by atoms with Gasteiger partial charge in [-0.3, -0.25) is 9.59 Å². The minimum absolute atomic E-state index is 0.159. The molecule has 146 valence electrons. The van der Waals surface area contributed by atoms with Crippen molar-refractivity contribution in [2.24, 2.45) is 0 Å². The molecular formula is C24H21ClN2O2. The zero-order valence-corrected chi connectivity index (χ0v) is 16.8. The van der Waals surface area contributed by atoms with Crippen LogP contribution in [0.3, 0.4) is 0 Å². The van der Waals surface area contributed by atoms with E-state index in [-0.39, 0.29) is 17.9 Å². The molecule has 2 atom stereocenters. The molecule has 5 heteroatoms. The van der Waals surface area contributed by atoms with E-state index in [1.54, 1.807) is 23.1 Å². The Bertz CT molecular complexity index is 1040. The van der Waals surface area contributed by atoms with E-state index in [0.717, 1.165) is 11.1 Å². The van der Waals surface area contributed by atoms with Crippen LogP contribution in [0.5, 0.6) is 0 Å². The van der Waals surface area contributed by atoms with Crippen LogP contribution in [0.1, 0.15) is 46.1 Å². The van der Waals surface area contributed by atoms with Gasteiger partial charge < -0.3 is 10.2 Å². The number of amides is 2. The standard InChI is InChI=1S/C24H21ClN2O2/c1-16(18-10-6-3-7-11-18)27-22(21-14-19(25)12-13-20(21)24(27)29)23(28)26-15-17-8-4-2-5-9-17/h2-14,16,22H,15H2,1H3,(H,26,28)/t16-,22?/m0/s1. The Morgan fingerprint density at radius 1 is 1.03 bits per heavy atom. The molecular weight excluding hydrogens is 384 g/mol. The predicted octanol–water partition coefficient (Wildman–Crippen LogP) is 4.91. The normalized spacial score (nSPS) is 16.4. The van der Waals surface area contributed by atoms with Crippen LogP contribution >= 0.6 is 11.6 Å². The summed E-state index contributed by atoms with van der Waals surface area (Å²) in [5.41, 5.74) is 3.15. The first kappa shape index (κ1) is 19.2. The highest BCUT2D eigenvalue weighted by Crippen LogP contribution is 2.40. The molecule has 0 spiro atoms. The Morgan fingerprint density at radius 3 is 2.38 bits per heavy atom. The molecule has 4 nitrogen and oxygen atoms in total. The van der Waals surface area contributed by atoms with Crippen molar-refractivity contribution < 1.29 is 9.59 Å². The van der Waals surface area contributed by atoms with Crippen molar-refractivity contribution in [3.63, 3.8) is 0 Å². The molecule has 3 aromatic rings. The smallest absolute Gasteiger partial charge is 0.255 e. The zero-order chi connectivity index (χ0) is 20.4. The number of carbonyl (C=O) groups is 2. The SMILES string of the molecule is C[C@@H](c1ccccc1)N1C(=O)c2ccc(Cl)cc2C1C(=O)NCc1ccccc1. The summed E-state index contributed by atoms with van der Waals surface area (Å²) in [5.74, 6) is -0.376. The molecule has 29 heavy (non-hydrogen) atoms. The third kappa shape index (κ3) is 3.76. The molecule has 0 bridgehead atoms. The number of nitrogens with zero attached hydrogens (tertiary/aromatic N) is 1. The summed E-state index contributed by atoms with van der Waals surface area (Å²) >= 11 is 6.20. The maximum Gasteiger partial charge on any atom is 0.255 e. The van der Waals surface area contributed by atoms with Gasteiger partial charge in [0.15, 0.2) is 0 Å². The fourth-order valence-corrected chi connectivity index (χ4v) is 3.98. The lowest BCUT2D eigenvalue weighted by Gasteiger charge is -2.31. The topological polar surface area (TPSA) is 49.4 Å². The van der Waals surface area contributed by atoms with Gasteiger partial charge in [-0.1, -0.05) is 72.3 Å². The Hall–Kier alpha value is -3.11. The van der Waals surface area contributed by atoms with E-state index >= 15 is 0 Å². The first-order valence-corrected chi connectivity index (χ1v) is 9.93. The van der Waals surface area contributed by atoms with Crippen molar-refractivity contribution in [1.82, 2.24) is 10.2 Å². The van der Waals surface area contributed by atoms with Gasteiger partial charge in [-0.15, -0.1) is 0 Å². The maximum atomic E-state index is 13.2. The molecule has 0 aliphatic carbocycles. The molecule has 0 aromatic heterocycles. The second-order valence-corrected chi connectivity index (χ2v) is 7.57. The molecule has 1 unspecified atom stereocenters. The van der Waals surface area contributed by atoms with Crippen LogP contribution in [0, 0.1) is 0 Å². The highest BCUT2D eigenvalue weighted by molar-refractivity contribution is 6.31. The lowest BCUT2D eigenvalue weighted by molar-refractivity contribution is -0.126. The van der Waals surface area contributed by atoms with E-state index in [0.29, 0.717) is 22.7 Å². The fourth-order valence-electron chi connectivity index (χ4n) is 3.80. The summed E-state index contributed by atoms with van der Waals surface area (Å²) in [6, 6.07) is 23.5. The summed E-state index contributed by atoms with van der Waals surface area (Å²) in [4.78, 5) is 28.1. The van der Waals surface area contributed by atoms with Crippen molar-refractivity contribution in [1.29, 1.82) is 0 Å². The van der Waals surface area contributed by atoms with E-state index in [1.807, 2.05) is 67.6 Å². The molecule has 2 amide bonds. The van der Waals surface area contributed by atoms with Gasteiger partial charge in [-0.2, -0.15) is 0 Å². The van der Waals surface area contributed by atoms with Gasteiger partial charge in [0.1, 0.15) is 6.04 Å². The summed E-state index contributed by atoms with van der Waals surface area (Å²) in [7, 11) is 0. The second-order valence-electron chi connectivity index (χ2n) is 7.14. The number of halogens is 1. The maximum absolute atomic E-state index is 13.2. The molecule has 0 saturated carbocycles. The molecule has 1 aliphatic heterocycles. The molecule has 4 rings (SSSR count). The number of hydrogen-bond donors (Lipinski definition) is 1. The summed E-state index contributed by atoms with van der Waals surface area (Å²) in [6.07, 6.45) is 0. The summed E-state index contributed by atoms with van der Waals surface area (Å²) < 4.78 is 0. The number of nitrogens with one attached hydrogen (secondary N) is 1. The van der Waals surface area contributed by atoms with Crippen molar-refractivity contribution in [3.05, 3.63) is 106 Å². The van der Waals surface area contributed by atoms with Gasteiger partial charge >= 0.3 is 0 Å². The lowest BCUT2D eigenvalue weighted by Crippen LogP contribution is -2.40. The number of fused-ring (bicyclic) bond motifs is 1. The van der Waals surface area contributed by atoms with Crippen LogP contribution in [-0.2, 0) is 11.3 Å². The lowest BCUT2D eigenvalue weighted by atomic mass is 10.0. The highest BCUT2D eigenvalue weighted by Gasteiger charge is 2.43. The van der Waals surface area contributed by atoms with E-state index in [2.05, 4.69) is 5.32 Å². The Labute approximate surface area is 175 Å². The second kappa shape index (κ2) is 8.10. The molecule has 1 aliphatic rings. The molecule has 3 aromatic carbocycles. The van der Waals surface area contributed by atoms with Crippen molar-refractivity contribution >= 4 is 23.4 Å². The molecule has 1 heterocycles. The van der Waals surface area contributed by atoms with Gasteiger partial charge in [-0.25, -0.2) is 0 Å². The van der Waals surface area contributed by atoms with Crippen molar-refractivity contribution in [3.8, 4) is 0 Å². The van der Waals surface area contributed by atoms with E-state index in [1.165, 1.54) is 0 Å². The average Bonchev–Trinajstić information content (AvgIpc) is 3.04. The van der Waals surface area contributed by atoms with Gasteiger partial charge in [0.2, 0.25) is 5.91 Å². The number of hydrogen-bond acceptors (Lipinski definition) is 2. The molecule has 0 fully saturated rings. The third-order valence-corrected chi connectivity index (χ3v) is 5.54. The number of carbonyl (C=O) groups excluding carboxylic acids is 2. The minimum Gasteiger partial charge on any atom is -0.350 e. The van der Waals surface area contributed by atoms with E-state index < -0.39 is 6.04 Å². The highest BCUT2D eigenvalue weighted by atomic mass is 35.5. The van der Waals surface area contributed by atoms with Gasteiger partial charge in [0.25, 0.3) is 5.91 Å². The third-order valence-electron chi connectivity index (χ3n) is 5.31. The quantitative estimate of drug-likeness (QED) is 0.656. The van der Waals surface area contributed by atoms with Crippen LogP contribution in [-0.4, -0.2) is 16.7 Å². The molecule has 0 radical (unpaired) electrons. The van der Waals surface area contributed by atoms with Crippen molar-refractivity contribution in [2.75, 3.05) is 0 Å². The van der Waals surface area contributed by atoms with E-state index in [4.69, 9.17) is 11.6 Å². The Kier molecular flexibility index (Phi) is 5.36. The molecule has 1 N–H and O–H groups in total. The monoisotopic (exact) mass is 404 g/mol. The van der Waals surface area contributed by atoms with Crippen LogP contribution < -0.4 is 5.32 Å². The fraction of sp³-hybridized carbons (Fsp3) is 0.167. The van der Waals surface area contributed by atoms with Crippen LogP contribution in [0.4, 0.5) is 0 Å². The molecule has 0 saturated heterocycles. The predicted molar refractivity (Wildman–Crippen MR) is 114 cm³/mol. The van der Waals surface area contributed by atoms with Crippen LogP contribution in [0.15, 0.2) is 78.9 Å².